The monoisotopic (exact) mass is 471 g/mol. The van der Waals surface area contributed by atoms with E-state index in [9.17, 15) is 4.79 Å². The zero-order valence-corrected chi connectivity index (χ0v) is 19.4. The number of oxazole rings is 1. The number of thioether (sulfide) groups is 1. The van der Waals surface area contributed by atoms with Crippen molar-refractivity contribution in [3.8, 4) is 17.3 Å². The third-order valence-corrected chi connectivity index (χ3v) is 5.97. The Kier molecular flexibility index (Phi) is 6.01. The lowest BCUT2D eigenvalue weighted by Gasteiger charge is -2.09. The SMILES string of the molecule is Cc1ccc(NC(=O)c2coc(CSc3nnc(-c4ccco4)n3-c3cccc(C)c3)n2)cc1. The van der Waals surface area contributed by atoms with Crippen LogP contribution in [0, 0.1) is 13.8 Å². The molecule has 0 aliphatic rings. The van der Waals surface area contributed by atoms with E-state index in [-0.39, 0.29) is 11.6 Å². The molecule has 5 rings (SSSR count). The molecule has 0 unspecified atom stereocenters. The van der Waals surface area contributed by atoms with Crippen LogP contribution >= 0.6 is 11.8 Å². The Bertz CT molecular complexity index is 1420. The predicted octanol–water partition coefficient (Wildman–Crippen LogP) is 5.68. The maximum atomic E-state index is 12.5. The fraction of sp³-hybridized carbons (Fsp3) is 0.120. The summed E-state index contributed by atoms with van der Waals surface area (Å²) in [6.45, 7) is 4.02. The van der Waals surface area contributed by atoms with Crippen molar-refractivity contribution >= 4 is 23.4 Å². The first-order chi connectivity index (χ1) is 16.6. The van der Waals surface area contributed by atoms with E-state index in [1.54, 1.807) is 6.26 Å². The smallest absolute Gasteiger partial charge is 0.277 e. The molecule has 0 spiro atoms. The number of hydrogen-bond donors (Lipinski definition) is 1. The molecule has 2 aromatic carbocycles. The number of hydrogen-bond acceptors (Lipinski definition) is 7. The molecule has 0 saturated heterocycles. The zero-order chi connectivity index (χ0) is 23.5. The average molecular weight is 472 g/mol. The number of rotatable bonds is 7. The molecule has 0 saturated carbocycles. The van der Waals surface area contributed by atoms with Gasteiger partial charge in [-0.3, -0.25) is 9.36 Å². The molecule has 5 aromatic rings. The molecule has 3 aromatic heterocycles. The number of nitrogens with one attached hydrogen (secondary N) is 1. The summed E-state index contributed by atoms with van der Waals surface area (Å²) in [5, 5.41) is 12.2. The van der Waals surface area contributed by atoms with Crippen molar-refractivity contribution in [3.63, 3.8) is 0 Å². The van der Waals surface area contributed by atoms with Gasteiger partial charge in [-0.1, -0.05) is 41.6 Å². The molecule has 0 aliphatic carbocycles. The van der Waals surface area contributed by atoms with E-state index in [0.717, 1.165) is 16.8 Å². The van der Waals surface area contributed by atoms with Crippen LogP contribution in [0.3, 0.4) is 0 Å². The zero-order valence-electron chi connectivity index (χ0n) is 18.6. The summed E-state index contributed by atoms with van der Waals surface area (Å²) in [6, 6.07) is 19.3. The van der Waals surface area contributed by atoms with Crippen molar-refractivity contribution in [2.24, 2.45) is 0 Å². The molecule has 8 nitrogen and oxygen atoms in total. The molecule has 1 N–H and O–H groups in total. The highest BCUT2D eigenvalue weighted by atomic mass is 32.2. The van der Waals surface area contributed by atoms with E-state index in [1.807, 2.05) is 73.0 Å². The maximum absolute atomic E-state index is 12.5. The van der Waals surface area contributed by atoms with E-state index in [0.29, 0.717) is 34.1 Å². The molecule has 0 bridgehead atoms. The Morgan fingerprint density at radius 3 is 2.62 bits per heavy atom. The van der Waals surface area contributed by atoms with E-state index >= 15 is 0 Å². The van der Waals surface area contributed by atoms with E-state index in [2.05, 4.69) is 26.6 Å². The molecule has 0 aliphatic heterocycles. The van der Waals surface area contributed by atoms with Gasteiger partial charge in [-0.2, -0.15) is 0 Å². The summed E-state index contributed by atoms with van der Waals surface area (Å²) in [6.07, 6.45) is 2.96. The highest BCUT2D eigenvalue weighted by Crippen LogP contribution is 2.30. The summed E-state index contributed by atoms with van der Waals surface area (Å²) in [7, 11) is 0. The topological polar surface area (TPSA) is 99.0 Å². The maximum Gasteiger partial charge on any atom is 0.277 e. The lowest BCUT2D eigenvalue weighted by molar-refractivity contribution is 0.102. The van der Waals surface area contributed by atoms with Crippen LogP contribution in [0.15, 0.2) is 87.2 Å². The van der Waals surface area contributed by atoms with E-state index in [1.165, 1.54) is 18.0 Å². The van der Waals surface area contributed by atoms with Crippen molar-refractivity contribution in [1.29, 1.82) is 0 Å². The van der Waals surface area contributed by atoms with Crippen LogP contribution in [0.2, 0.25) is 0 Å². The number of benzene rings is 2. The van der Waals surface area contributed by atoms with Gasteiger partial charge in [0.15, 0.2) is 16.6 Å². The van der Waals surface area contributed by atoms with Crippen LogP contribution in [0.5, 0.6) is 0 Å². The third-order valence-electron chi connectivity index (χ3n) is 5.05. The quantitative estimate of drug-likeness (QED) is 0.305. The van der Waals surface area contributed by atoms with Gasteiger partial charge in [0, 0.05) is 5.69 Å². The van der Waals surface area contributed by atoms with Crippen molar-refractivity contribution < 1.29 is 13.6 Å². The number of aromatic nitrogens is 4. The lowest BCUT2D eigenvalue weighted by Crippen LogP contribution is -2.12. The Morgan fingerprint density at radius 2 is 1.85 bits per heavy atom. The highest BCUT2D eigenvalue weighted by molar-refractivity contribution is 7.98. The molecular weight excluding hydrogens is 450 g/mol. The number of anilines is 1. The van der Waals surface area contributed by atoms with Gasteiger partial charge >= 0.3 is 0 Å². The second-order valence-electron chi connectivity index (χ2n) is 7.69. The van der Waals surface area contributed by atoms with Gasteiger partial charge in [0.05, 0.1) is 17.7 Å². The van der Waals surface area contributed by atoms with Gasteiger partial charge in [0.1, 0.15) is 6.26 Å². The summed E-state index contributed by atoms with van der Waals surface area (Å²) < 4.78 is 13.0. The Hall–Kier alpha value is -4.11. The highest BCUT2D eigenvalue weighted by Gasteiger charge is 2.19. The van der Waals surface area contributed by atoms with Gasteiger partial charge in [0.2, 0.25) is 11.7 Å². The van der Waals surface area contributed by atoms with Crippen LogP contribution < -0.4 is 5.32 Å². The van der Waals surface area contributed by atoms with Crippen molar-refractivity contribution in [1.82, 2.24) is 19.7 Å². The molecule has 3 heterocycles. The van der Waals surface area contributed by atoms with Gasteiger partial charge in [0.25, 0.3) is 5.91 Å². The first-order valence-corrected chi connectivity index (χ1v) is 11.6. The third kappa shape index (κ3) is 4.65. The van der Waals surface area contributed by atoms with E-state index in [4.69, 9.17) is 8.83 Å². The minimum absolute atomic E-state index is 0.215. The molecule has 170 valence electrons. The summed E-state index contributed by atoms with van der Waals surface area (Å²) in [5.41, 5.74) is 4.07. The van der Waals surface area contributed by atoms with Gasteiger partial charge in [-0.25, -0.2) is 4.98 Å². The van der Waals surface area contributed by atoms with Crippen molar-refractivity contribution in [2.45, 2.75) is 24.8 Å². The molecular formula is C25H21N5O3S. The van der Waals surface area contributed by atoms with Crippen molar-refractivity contribution in [2.75, 3.05) is 5.32 Å². The number of nitrogens with zero attached hydrogens (tertiary/aromatic N) is 4. The lowest BCUT2D eigenvalue weighted by atomic mass is 10.2. The number of amides is 1. The summed E-state index contributed by atoms with van der Waals surface area (Å²) in [5.74, 6) is 1.68. The summed E-state index contributed by atoms with van der Waals surface area (Å²) in [4.78, 5) is 16.9. The minimum Gasteiger partial charge on any atom is -0.461 e. The number of carbonyl (C=O) groups excluding carboxylic acids is 1. The molecule has 0 atom stereocenters. The number of aryl methyl sites for hydroxylation is 2. The molecule has 1 amide bonds. The van der Waals surface area contributed by atoms with Gasteiger partial charge in [-0.05, 0) is 55.8 Å². The molecule has 34 heavy (non-hydrogen) atoms. The molecule has 0 radical (unpaired) electrons. The number of carbonyl (C=O) groups is 1. The van der Waals surface area contributed by atoms with Crippen LogP contribution in [0.1, 0.15) is 27.5 Å². The van der Waals surface area contributed by atoms with Gasteiger partial charge < -0.3 is 14.2 Å². The van der Waals surface area contributed by atoms with Crippen LogP contribution in [-0.2, 0) is 5.75 Å². The van der Waals surface area contributed by atoms with Crippen LogP contribution in [0.25, 0.3) is 17.3 Å². The van der Waals surface area contributed by atoms with Crippen LogP contribution in [-0.4, -0.2) is 25.7 Å². The van der Waals surface area contributed by atoms with E-state index < -0.39 is 0 Å². The summed E-state index contributed by atoms with van der Waals surface area (Å²) >= 11 is 1.41. The standard InChI is InChI=1S/C25H21N5O3S/c1-16-8-10-18(11-9-16)26-24(31)20-14-33-22(27-20)15-34-25-29-28-23(21-7-4-12-32-21)30(25)19-6-3-5-17(2)13-19/h3-14H,15H2,1-2H3,(H,26,31). The Labute approximate surface area is 200 Å². The second-order valence-corrected chi connectivity index (χ2v) is 8.64. The largest absolute Gasteiger partial charge is 0.461 e. The normalized spacial score (nSPS) is 11.0. The molecule has 9 heteroatoms. The van der Waals surface area contributed by atoms with Crippen molar-refractivity contribution in [3.05, 3.63) is 95.9 Å². The fourth-order valence-corrected chi connectivity index (χ4v) is 4.17. The van der Waals surface area contributed by atoms with Gasteiger partial charge in [-0.15, -0.1) is 10.2 Å². The van der Waals surface area contributed by atoms with Crippen LogP contribution in [0.4, 0.5) is 5.69 Å². The fourth-order valence-electron chi connectivity index (χ4n) is 3.37. The minimum atomic E-state index is -0.327. The Morgan fingerprint density at radius 1 is 1.00 bits per heavy atom. The Balaban J connectivity index is 1.34. The molecule has 0 fully saturated rings. The number of furan rings is 1. The predicted molar refractivity (Wildman–Crippen MR) is 129 cm³/mol. The second kappa shape index (κ2) is 9.40. The first kappa shape index (κ1) is 21.7. The first-order valence-electron chi connectivity index (χ1n) is 10.6. The average Bonchev–Trinajstić information content (AvgIpc) is 3.59.